The molecule has 0 saturated heterocycles. The monoisotopic (exact) mass is 514 g/mol. The van der Waals surface area contributed by atoms with Crippen molar-refractivity contribution < 1.29 is 9.59 Å². The van der Waals surface area contributed by atoms with E-state index in [1.807, 2.05) is 48.5 Å². The first-order valence-corrected chi connectivity index (χ1v) is 11.8. The number of hydrogen-bond donors (Lipinski definition) is 4. The van der Waals surface area contributed by atoms with Crippen molar-refractivity contribution in [1.29, 1.82) is 0 Å². The van der Waals surface area contributed by atoms with E-state index in [0.29, 0.717) is 16.9 Å². The summed E-state index contributed by atoms with van der Waals surface area (Å²) in [5, 5.41) is 12.2. The van der Waals surface area contributed by atoms with Gasteiger partial charge in [-0.05, 0) is 72.3 Å². The van der Waals surface area contributed by atoms with E-state index in [1.165, 1.54) is 6.08 Å². The molecule has 0 aliphatic carbocycles. The van der Waals surface area contributed by atoms with Gasteiger partial charge < -0.3 is 21.3 Å². The fourth-order valence-corrected chi connectivity index (χ4v) is 3.91. The number of anilines is 2. The normalized spacial score (nSPS) is 14.2. The molecular weight excluding hydrogens is 488 g/mol. The molecule has 0 aromatic heterocycles. The third kappa shape index (κ3) is 6.62. The molecule has 0 saturated carbocycles. The lowest BCUT2D eigenvalue weighted by Gasteiger charge is -2.07. The molecule has 8 nitrogen and oxygen atoms in total. The molecule has 2 aliphatic heterocycles. The van der Waals surface area contributed by atoms with Crippen LogP contribution in [-0.4, -0.2) is 49.7 Å². The highest BCUT2D eigenvalue weighted by Crippen LogP contribution is 2.15. The first kappa shape index (κ1) is 25.7. The minimum absolute atomic E-state index is 0. The van der Waals surface area contributed by atoms with E-state index in [0.717, 1.165) is 54.5 Å². The molecule has 2 aliphatic rings. The molecule has 0 unspecified atom stereocenters. The Morgan fingerprint density at radius 2 is 1.22 bits per heavy atom. The molecule has 0 radical (unpaired) electrons. The van der Waals surface area contributed by atoms with E-state index in [2.05, 4.69) is 31.3 Å². The van der Waals surface area contributed by atoms with Crippen LogP contribution < -0.4 is 21.3 Å². The number of carbonyl (C=O) groups excluding carboxylic acids is 2. The molecule has 2 heterocycles. The van der Waals surface area contributed by atoms with Crippen LogP contribution in [0.1, 0.15) is 27.0 Å². The second-order valence-corrected chi connectivity index (χ2v) is 8.37. The zero-order valence-electron chi connectivity index (χ0n) is 20.0. The lowest BCUT2D eigenvalue weighted by Crippen LogP contribution is -2.19. The van der Waals surface area contributed by atoms with Gasteiger partial charge in [-0.1, -0.05) is 12.1 Å². The molecule has 0 atom stereocenters. The SMILES string of the molecule is Cl.O=C(/C=C\c1ccc(C(=O)Nc2ccc(C3=NCCN3)cc2)cc1)Nc1ccc(C2=NCCN2)cc1. The Balaban J connectivity index is 0.00000320. The number of nitrogens with zero attached hydrogens (tertiary/aromatic N) is 2. The first-order valence-electron chi connectivity index (χ1n) is 11.8. The van der Waals surface area contributed by atoms with Crippen LogP contribution in [0, 0.1) is 0 Å². The smallest absolute Gasteiger partial charge is 0.255 e. The summed E-state index contributed by atoms with van der Waals surface area (Å²) in [7, 11) is 0. The van der Waals surface area contributed by atoms with Crippen LogP contribution in [0.4, 0.5) is 11.4 Å². The maximum atomic E-state index is 12.6. The largest absolute Gasteiger partial charge is 0.368 e. The van der Waals surface area contributed by atoms with Gasteiger partial charge in [0, 0.05) is 47.2 Å². The van der Waals surface area contributed by atoms with E-state index in [4.69, 9.17) is 0 Å². The van der Waals surface area contributed by atoms with Gasteiger partial charge >= 0.3 is 0 Å². The Bertz CT molecular complexity index is 1350. The number of aliphatic imine (C=N–C) groups is 2. The Labute approximate surface area is 221 Å². The maximum absolute atomic E-state index is 12.6. The van der Waals surface area contributed by atoms with Crippen molar-refractivity contribution in [3.8, 4) is 0 Å². The summed E-state index contributed by atoms with van der Waals surface area (Å²) in [6, 6.07) is 22.2. The predicted molar refractivity (Wildman–Crippen MR) is 151 cm³/mol. The summed E-state index contributed by atoms with van der Waals surface area (Å²) in [5.74, 6) is 1.34. The molecule has 9 heteroatoms. The van der Waals surface area contributed by atoms with Crippen molar-refractivity contribution in [2.75, 3.05) is 36.8 Å². The van der Waals surface area contributed by atoms with E-state index in [9.17, 15) is 9.59 Å². The lowest BCUT2D eigenvalue weighted by molar-refractivity contribution is -0.111. The molecule has 3 aromatic rings. The van der Waals surface area contributed by atoms with Crippen LogP contribution in [-0.2, 0) is 4.79 Å². The average molecular weight is 515 g/mol. The van der Waals surface area contributed by atoms with Gasteiger partial charge in [-0.15, -0.1) is 12.4 Å². The molecular formula is C28H27ClN6O2. The Morgan fingerprint density at radius 3 is 1.70 bits per heavy atom. The molecule has 2 amide bonds. The lowest BCUT2D eigenvalue weighted by atomic mass is 10.1. The average Bonchev–Trinajstić information content (AvgIpc) is 3.64. The molecule has 0 fully saturated rings. The topological polar surface area (TPSA) is 107 Å². The molecule has 188 valence electrons. The van der Waals surface area contributed by atoms with E-state index in [1.54, 1.807) is 30.3 Å². The highest BCUT2D eigenvalue weighted by atomic mass is 35.5. The van der Waals surface area contributed by atoms with Crippen LogP contribution in [0.5, 0.6) is 0 Å². The van der Waals surface area contributed by atoms with Crippen molar-refractivity contribution in [2.45, 2.75) is 0 Å². The summed E-state index contributed by atoms with van der Waals surface area (Å²) in [6.45, 7) is 3.28. The number of amidine groups is 2. The van der Waals surface area contributed by atoms with Crippen molar-refractivity contribution in [2.24, 2.45) is 9.98 Å². The van der Waals surface area contributed by atoms with Crippen LogP contribution in [0.25, 0.3) is 6.08 Å². The highest BCUT2D eigenvalue weighted by molar-refractivity contribution is 6.06. The van der Waals surface area contributed by atoms with Gasteiger partial charge in [-0.25, -0.2) is 0 Å². The summed E-state index contributed by atoms with van der Waals surface area (Å²) < 4.78 is 0. The summed E-state index contributed by atoms with van der Waals surface area (Å²) in [4.78, 5) is 33.7. The van der Waals surface area contributed by atoms with Crippen LogP contribution in [0.3, 0.4) is 0 Å². The fraction of sp³-hybridized carbons (Fsp3) is 0.143. The van der Waals surface area contributed by atoms with Gasteiger partial charge in [-0.3, -0.25) is 19.6 Å². The van der Waals surface area contributed by atoms with E-state index < -0.39 is 0 Å². The standard InChI is InChI=1S/C28H26N6O2.ClH/c35-25(33-23-10-6-20(7-11-23)26-29-15-16-30-26)14-3-19-1-4-22(5-2-19)28(36)34-24-12-8-21(9-13-24)27-31-17-18-32-27;/h1-14H,15-18H2,(H,29,30)(H,31,32)(H,33,35)(H,34,36);1H/b14-3-;. The van der Waals surface area contributed by atoms with Gasteiger partial charge in [0.15, 0.2) is 0 Å². The molecule has 0 spiro atoms. The second-order valence-electron chi connectivity index (χ2n) is 8.37. The van der Waals surface area contributed by atoms with Crippen molar-refractivity contribution in [3.05, 3.63) is 101 Å². The number of nitrogens with one attached hydrogen (secondary N) is 4. The van der Waals surface area contributed by atoms with E-state index >= 15 is 0 Å². The number of amides is 2. The minimum atomic E-state index is -0.233. The second kappa shape index (κ2) is 12.0. The number of carbonyl (C=O) groups is 2. The van der Waals surface area contributed by atoms with Gasteiger partial charge in [0.2, 0.25) is 5.91 Å². The van der Waals surface area contributed by atoms with Crippen molar-refractivity contribution >= 4 is 53.3 Å². The third-order valence-electron chi connectivity index (χ3n) is 5.79. The zero-order valence-corrected chi connectivity index (χ0v) is 20.8. The molecule has 3 aromatic carbocycles. The summed E-state index contributed by atoms with van der Waals surface area (Å²) in [6.07, 6.45) is 3.18. The number of halogens is 1. The molecule has 4 N–H and O–H groups in total. The molecule has 0 bridgehead atoms. The third-order valence-corrected chi connectivity index (χ3v) is 5.79. The van der Waals surface area contributed by atoms with Gasteiger partial charge in [0.1, 0.15) is 11.7 Å². The van der Waals surface area contributed by atoms with Crippen LogP contribution in [0.2, 0.25) is 0 Å². The van der Waals surface area contributed by atoms with Crippen LogP contribution in [0.15, 0.2) is 88.9 Å². The van der Waals surface area contributed by atoms with Crippen molar-refractivity contribution in [1.82, 2.24) is 10.6 Å². The predicted octanol–water partition coefficient (Wildman–Crippen LogP) is 3.71. The maximum Gasteiger partial charge on any atom is 0.255 e. The van der Waals surface area contributed by atoms with Crippen molar-refractivity contribution in [3.63, 3.8) is 0 Å². The summed E-state index contributed by atoms with van der Waals surface area (Å²) >= 11 is 0. The Kier molecular flexibility index (Phi) is 8.33. The Hall–Kier alpha value is -4.43. The minimum Gasteiger partial charge on any atom is -0.368 e. The highest BCUT2D eigenvalue weighted by Gasteiger charge is 2.10. The van der Waals surface area contributed by atoms with Gasteiger partial charge in [0.25, 0.3) is 5.91 Å². The van der Waals surface area contributed by atoms with Crippen LogP contribution >= 0.6 is 12.4 Å². The first-order chi connectivity index (χ1) is 17.6. The molecule has 37 heavy (non-hydrogen) atoms. The fourth-order valence-electron chi connectivity index (χ4n) is 3.91. The number of benzene rings is 3. The number of rotatable bonds is 7. The van der Waals surface area contributed by atoms with E-state index in [-0.39, 0.29) is 24.2 Å². The Morgan fingerprint density at radius 1 is 0.703 bits per heavy atom. The van der Waals surface area contributed by atoms with Gasteiger partial charge in [-0.2, -0.15) is 0 Å². The molecule has 5 rings (SSSR count). The van der Waals surface area contributed by atoms with Gasteiger partial charge in [0.05, 0.1) is 13.1 Å². The quantitative estimate of drug-likeness (QED) is 0.360. The zero-order chi connectivity index (χ0) is 24.7. The summed E-state index contributed by atoms with van der Waals surface area (Å²) in [5.41, 5.74) is 4.76. The number of hydrogen-bond acceptors (Lipinski definition) is 6.